The van der Waals surface area contributed by atoms with Crippen LogP contribution in [0.5, 0.6) is 5.75 Å². The third-order valence-corrected chi connectivity index (χ3v) is 7.63. The number of morpholine rings is 1. The van der Waals surface area contributed by atoms with E-state index in [0.717, 1.165) is 55.3 Å². The van der Waals surface area contributed by atoms with Gasteiger partial charge in [-0.1, -0.05) is 54.6 Å². The van der Waals surface area contributed by atoms with Gasteiger partial charge in [0.25, 0.3) is 11.8 Å². The molecule has 1 N–H and O–H groups in total. The number of ketones is 1. The molecule has 0 aromatic heterocycles. The van der Waals surface area contributed by atoms with Crippen LogP contribution in [0.15, 0.2) is 78.9 Å². The number of nitrogens with zero attached hydrogens (tertiary/aromatic N) is 2. The maximum atomic E-state index is 13.4. The van der Waals surface area contributed by atoms with Crippen LogP contribution in [0.4, 0.5) is 0 Å². The smallest absolute Gasteiger partial charge is 0.254 e. The predicted octanol–water partition coefficient (Wildman–Crippen LogP) is 3.43. The van der Waals surface area contributed by atoms with E-state index in [-0.39, 0.29) is 13.2 Å². The van der Waals surface area contributed by atoms with Gasteiger partial charge in [0.05, 0.1) is 19.8 Å². The van der Waals surface area contributed by atoms with Gasteiger partial charge in [-0.3, -0.25) is 19.3 Å². The van der Waals surface area contributed by atoms with Crippen molar-refractivity contribution in [1.82, 2.24) is 15.1 Å². The highest BCUT2D eigenvalue weighted by molar-refractivity contribution is 6.14. The third-order valence-electron chi connectivity index (χ3n) is 7.63. The van der Waals surface area contributed by atoms with Crippen LogP contribution >= 0.6 is 0 Å². The second-order valence-corrected chi connectivity index (χ2v) is 10.3. The van der Waals surface area contributed by atoms with Crippen LogP contribution in [0.2, 0.25) is 0 Å². The molecule has 0 unspecified atom stereocenters. The fourth-order valence-electron chi connectivity index (χ4n) is 4.75. The molecule has 0 bridgehead atoms. The van der Waals surface area contributed by atoms with Crippen LogP contribution in [-0.2, 0) is 25.7 Å². The number of benzene rings is 3. The zero-order valence-electron chi connectivity index (χ0n) is 24.5. The van der Waals surface area contributed by atoms with Gasteiger partial charge in [-0.15, -0.1) is 0 Å². The summed E-state index contributed by atoms with van der Waals surface area (Å²) in [5.41, 5.74) is 1.41. The summed E-state index contributed by atoms with van der Waals surface area (Å²) in [5, 5.41) is 2.52. The van der Waals surface area contributed by atoms with E-state index < -0.39 is 23.1 Å². The molecule has 2 amide bonds. The lowest BCUT2D eigenvalue weighted by Gasteiger charge is -2.35. The number of rotatable bonds is 13. The van der Waals surface area contributed by atoms with Gasteiger partial charge in [0.15, 0.2) is 11.3 Å². The van der Waals surface area contributed by atoms with Crippen molar-refractivity contribution in [2.24, 2.45) is 0 Å². The number of hydrogen-bond acceptors (Lipinski definition) is 7. The van der Waals surface area contributed by atoms with Gasteiger partial charge in [0, 0.05) is 39.3 Å². The molecule has 1 saturated heterocycles. The Morgan fingerprint density at radius 3 is 2.17 bits per heavy atom. The van der Waals surface area contributed by atoms with Gasteiger partial charge >= 0.3 is 0 Å². The van der Waals surface area contributed by atoms with Crippen molar-refractivity contribution in [2.75, 3.05) is 60.2 Å². The molecule has 9 nitrogen and oxygen atoms in total. The molecule has 4 rings (SSSR count). The summed E-state index contributed by atoms with van der Waals surface area (Å²) in [6.45, 7) is 6.22. The molecule has 3 aromatic rings. The summed E-state index contributed by atoms with van der Waals surface area (Å²) >= 11 is 0. The number of hydrogen-bond donors (Lipinski definition) is 1. The number of amides is 2. The number of ether oxygens (including phenoxy) is 3. The van der Waals surface area contributed by atoms with Gasteiger partial charge in [-0.25, -0.2) is 0 Å². The Hall–Kier alpha value is -4.05. The topological polar surface area (TPSA) is 97.4 Å². The third kappa shape index (κ3) is 7.61. The number of carbonyl (C=O) groups is 3. The Morgan fingerprint density at radius 1 is 0.929 bits per heavy atom. The fraction of sp³-hybridized carbons (Fsp3) is 0.364. The summed E-state index contributed by atoms with van der Waals surface area (Å²) in [6, 6.07) is 24.3. The molecule has 1 heterocycles. The molecule has 1 atom stereocenters. The van der Waals surface area contributed by atoms with Gasteiger partial charge in [0.1, 0.15) is 19.0 Å². The minimum Gasteiger partial charge on any atom is -0.492 e. The average molecular weight is 574 g/mol. The zero-order chi connectivity index (χ0) is 30.0. The highest BCUT2D eigenvalue weighted by atomic mass is 16.5. The van der Waals surface area contributed by atoms with E-state index in [9.17, 15) is 14.4 Å². The first-order valence-electron chi connectivity index (χ1n) is 14.1. The van der Waals surface area contributed by atoms with Gasteiger partial charge in [0.2, 0.25) is 0 Å². The Balaban J connectivity index is 1.36. The summed E-state index contributed by atoms with van der Waals surface area (Å²) < 4.78 is 16.9. The number of nitrogens with one attached hydrogen (secondary N) is 1. The lowest BCUT2D eigenvalue weighted by Crippen LogP contribution is -2.62. The van der Waals surface area contributed by atoms with E-state index >= 15 is 0 Å². The largest absolute Gasteiger partial charge is 0.492 e. The number of carbonyl (C=O) groups excluding carboxylic acids is 3. The normalized spacial score (nSPS) is 14.9. The fourth-order valence-corrected chi connectivity index (χ4v) is 4.75. The van der Waals surface area contributed by atoms with Crippen molar-refractivity contribution in [2.45, 2.75) is 19.1 Å². The van der Waals surface area contributed by atoms with Gasteiger partial charge < -0.3 is 24.4 Å². The van der Waals surface area contributed by atoms with Crippen molar-refractivity contribution in [3.8, 4) is 16.9 Å². The van der Waals surface area contributed by atoms with Gasteiger partial charge in [-0.05, 0) is 47.9 Å². The second kappa shape index (κ2) is 14.7. The quantitative estimate of drug-likeness (QED) is 0.313. The van der Waals surface area contributed by atoms with Crippen molar-refractivity contribution in [3.63, 3.8) is 0 Å². The van der Waals surface area contributed by atoms with Gasteiger partial charge in [-0.2, -0.15) is 0 Å². The lowest BCUT2D eigenvalue weighted by atomic mass is 9.92. The Kier molecular flexibility index (Phi) is 10.8. The minimum absolute atomic E-state index is 0.219. The summed E-state index contributed by atoms with van der Waals surface area (Å²) in [7, 11) is 2.89. The van der Waals surface area contributed by atoms with Crippen LogP contribution in [-0.4, -0.2) is 93.1 Å². The van der Waals surface area contributed by atoms with Crippen LogP contribution in [0.25, 0.3) is 11.1 Å². The van der Waals surface area contributed by atoms with E-state index in [1.54, 1.807) is 12.1 Å². The standard InChI is InChI=1S/C33H39N3O6/c1-33(32(39)34-2,30(37)24-41-23-25-7-5-4-6-8-25)35(3)31(38)28-11-9-26(10-12-28)27-13-15-29(16-14-27)42-22-19-36-17-20-40-21-18-36/h4-16H,17-24H2,1-3H3,(H,34,39)/t33-/m1/s1. The van der Waals surface area contributed by atoms with Crippen LogP contribution in [0.1, 0.15) is 22.8 Å². The molecule has 9 heteroatoms. The molecule has 3 aromatic carbocycles. The van der Waals surface area contributed by atoms with Crippen molar-refractivity contribution in [1.29, 1.82) is 0 Å². The molecular weight excluding hydrogens is 534 g/mol. The SMILES string of the molecule is CNC(=O)[C@@](C)(C(=O)COCc1ccccc1)N(C)C(=O)c1ccc(-c2ccc(OCCN3CCOCC3)cc2)cc1. The molecule has 1 aliphatic heterocycles. The molecule has 0 saturated carbocycles. The predicted molar refractivity (Wildman–Crippen MR) is 160 cm³/mol. The lowest BCUT2D eigenvalue weighted by molar-refractivity contribution is -0.144. The van der Waals surface area contributed by atoms with Crippen LogP contribution < -0.4 is 10.1 Å². The van der Waals surface area contributed by atoms with Crippen molar-refractivity contribution < 1.29 is 28.6 Å². The van der Waals surface area contributed by atoms with Crippen LogP contribution in [0.3, 0.4) is 0 Å². The summed E-state index contributed by atoms with van der Waals surface area (Å²) in [4.78, 5) is 43.1. The monoisotopic (exact) mass is 573 g/mol. The molecule has 0 aliphatic carbocycles. The first kappa shape index (κ1) is 30.9. The highest BCUT2D eigenvalue weighted by Crippen LogP contribution is 2.25. The maximum Gasteiger partial charge on any atom is 0.254 e. The van der Waals surface area contributed by atoms with Crippen LogP contribution in [0, 0.1) is 0 Å². The number of likely N-dealkylation sites (N-methyl/N-ethyl adjacent to an activating group) is 2. The van der Waals surface area contributed by atoms with Crippen molar-refractivity contribution in [3.05, 3.63) is 90.0 Å². The first-order chi connectivity index (χ1) is 20.3. The van der Waals surface area contributed by atoms with E-state index in [0.29, 0.717) is 12.2 Å². The number of Topliss-reactive ketones (excluding diaryl/α,β-unsaturated/α-hetero) is 1. The molecular formula is C33H39N3O6. The molecule has 222 valence electrons. The Bertz CT molecular complexity index is 1320. The highest BCUT2D eigenvalue weighted by Gasteiger charge is 2.46. The van der Waals surface area contributed by atoms with Crippen molar-refractivity contribution >= 4 is 17.6 Å². The molecule has 1 fully saturated rings. The Morgan fingerprint density at radius 2 is 1.55 bits per heavy atom. The molecule has 0 radical (unpaired) electrons. The maximum absolute atomic E-state index is 13.4. The van der Waals surface area contributed by atoms with E-state index in [4.69, 9.17) is 14.2 Å². The Labute approximate surface area is 247 Å². The minimum atomic E-state index is -1.75. The van der Waals surface area contributed by atoms with E-state index in [2.05, 4.69) is 10.2 Å². The van der Waals surface area contributed by atoms with E-state index in [1.807, 2.05) is 66.7 Å². The summed E-state index contributed by atoms with van der Waals surface area (Å²) in [5.74, 6) is -0.757. The molecule has 1 aliphatic rings. The first-order valence-corrected chi connectivity index (χ1v) is 14.1. The molecule has 42 heavy (non-hydrogen) atoms. The van der Waals surface area contributed by atoms with E-state index in [1.165, 1.54) is 25.9 Å². The summed E-state index contributed by atoms with van der Waals surface area (Å²) in [6.07, 6.45) is 0. The average Bonchev–Trinajstić information content (AvgIpc) is 3.04. The molecule has 0 spiro atoms. The second-order valence-electron chi connectivity index (χ2n) is 10.3. The zero-order valence-corrected chi connectivity index (χ0v) is 24.5.